The molecule has 84 valence electrons. The smallest absolute Gasteiger partial charge is 0.228 e. The van der Waals surface area contributed by atoms with Gasteiger partial charge in [-0.3, -0.25) is 0 Å². The SMILES string of the molecule is Nc1ncc(F)c(NCCc2ncno2)n1. The van der Waals surface area contributed by atoms with Crippen molar-refractivity contribution in [2.45, 2.75) is 6.42 Å². The number of nitrogens with zero attached hydrogens (tertiary/aromatic N) is 4. The third-order valence-electron chi connectivity index (χ3n) is 1.80. The standard InChI is InChI=1S/C8H9FN6O/c9-5-3-12-8(10)15-7(5)11-2-1-6-13-4-14-16-6/h3-4H,1-2H2,(H3,10,11,12,15). The number of nitrogens with one attached hydrogen (secondary N) is 1. The zero-order valence-electron chi connectivity index (χ0n) is 8.22. The van der Waals surface area contributed by atoms with E-state index in [1.165, 1.54) is 6.33 Å². The molecule has 0 saturated carbocycles. The van der Waals surface area contributed by atoms with Crippen molar-refractivity contribution in [1.82, 2.24) is 20.1 Å². The minimum atomic E-state index is -0.556. The molecule has 2 aromatic heterocycles. The average Bonchev–Trinajstić information content (AvgIpc) is 2.76. The Balaban J connectivity index is 1.92. The van der Waals surface area contributed by atoms with E-state index >= 15 is 0 Å². The molecule has 0 bridgehead atoms. The molecule has 0 amide bonds. The first-order valence-electron chi connectivity index (χ1n) is 4.53. The first-order chi connectivity index (χ1) is 7.75. The van der Waals surface area contributed by atoms with Gasteiger partial charge in [-0.05, 0) is 0 Å². The first kappa shape index (κ1) is 10.3. The third kappa shape index (κ3) is 2.41. The Morgan fingerprint density at radius 1 is 1.44 bits per heavy atom. The van der Waals surface area contributed by atoms with Gasteiger partial charge in [-0.2, -0.15) is 9.97 Å². The predicted octanol–water partition coefficient (Wildman–Crippen LogP) is 0.235. The number of aromatic nitrogens is 4. The van der Waals surface area contributed by atoms with Crippen LogP contribution >= 0.6 is 0 Å². The Hall–Kier alpha value is -2.25. The van der Waals surface area contributed by atoms with Gasteiger partial charge in [0.1, 0.15) is 0 Å². The van der Waals surface area contributed by atoms with Crippen LogP contribution in [-0.4, -0.2) is 26.7 Å². The van der Waals surface area contributed by atoms with Crippen molar-refractivity contribution in [3.63, 3.8) is 0 Å². The number of halogens is 1. The molecule has 0 aliphatic rings. The lowest BCUT2D eigenvalue weighted by molar-refractivity contribution is 0.379. The Morgan fingerprint density at radius 2 is 2.31 bits per heavy atom. The molecule has 0 saturated heterocycles. The van der Waals surface area contributed by atoms with Crippen LogP contribution in [0.25, 0.3) is 0 Å². The van der Waals surface area contributed by atoms with Crippen molar-refractivity contribution in [1.29, 1.82) is 0 Å². The zero-order chi connectivity index (χ0) is 11.4. The number of rotatable bonds is 4. The van der Waals surface area contributed by atoms with E-state index in [4.69, 9.17) is 10.3 Å². The van der Waals surface area contributed by atoms with Crippen molar-refractivity contribution in [2.75, 3.05) is 17.6 Å². The van der Waals surface area contributed by atoms with Gasteiger partial charge in [-0.15, -0.1) is 0 Å². The molecule has 0 spiro atoms. The number of nitrogens with two attached hydrogens (primary N) is 1. The lowest BCUT2D eigenvalue weighted by atomic mass is 10.4. The summed E-state index contributed by atoms with van der Waals surface area (Å²) in [5.74, 6) is -0.0108. The molecule has 2 aromatic rings. The molecule has 0 radical (unpaired) electrons. The molecule has 8 heteroatoms. The Kier molecular flexibility index (Phi) is 2.90. The molecule has 0 aliphatic carbocycles. The van der Waals surface area contributed by atoms with Gasteiger partial charge in [-0.25, -0.2) is 9.37 Å². The predicted molar refractivity (Wildman–Crippen MR) is 52.9 cm³/mol. The van der Waals surface area contributed by atoms with E-state index in [1.54, 1.807) is 0 Å². The zero-order valence-corrected chi connectivity index (χ0v) is 8.22. The summed E-state index contributed by atoms with van der Waals surface area (Å²) in [5.41, 5.74) is 5.32. The fraction of sp³-hybridized carbons (Fsp3) is 0.250. The molecule has 2 rings (SSSR count). The second-order valence-electron chi connectivity index (χ2n) is 2.94. The maximum atomic E-state index is 13.1. The average molecular weight is 224 g/mol. The highest BCUT2D eigenvalue weighted by molar-refractivity contribution is 5.38. The Bertz CT molecular complexity index is 460. The number of hydrogen-bond donors (Lipinski definition) is 2. The normalized spacial score (nSPS) is 10.3. The van der Waals surface area contributed by atoms with Crippen molar-refractivity contribution >= 4 is 11.8 Å². The number of nitrogen functional groups attached to an aromatic ring is 1. The molecule has 2 heterocycles. The van der Waals surface area contributed by atoms with Crippen molar-refractivity contribution in [2.24, 2.45) is 0 Å². The van der Waals surface area contributed by atoms with E-state index in [2.05, 4.69) is 25.4 Å². The highest BCUT2D eigenvalue weighted by Gasteiger charge is 2.05. The maximum absolute atomic E-state index is 13.1. The van der Waals surface area contributed by atoms with Gasteiger partial charge in [0.15, 0.2) is 18.0 Å². The fourth-order valence-corrected chi connectivity index (χ4v) is 1.10. The van der Waals surface area contributed by atoms with Crippen LogP contribution in [0, 0.1) is 5.82 Å². The van der Waals surface area contributed by atoms with Crippen molar-refractivity contribution in [3.8, 4) is 0 Å². The summed E-state index contributed by atoms with van der Waals surface area (Å²) in [4.78, 5) is 11.0. The fourth-order valence-electron chi connectivity index (χ4n) is 1.10. The second kappa shape index (κ2) is 4.51. The molecular weight excluding hydrogens is 215 g/mol. The second-order valence-corrected chi connectivity index (χ2v) is 2.94. The Labute approximate surface area is 89.9 Å². The van der Waals surface area contributed by atoms with Gasteiger partial charge in [0.05, 0.1) is 6.20 Å². The molecule has 0 unspecified atom stereocenters. The van der Waals surface area contributed by atoms with Gasteiger partial charge in [0, 0.05) is 13.0 Å². The van der Waals surface area contributed by atoms with Crippen LogP contribution in [0.2, 0.25) is 0 Å². The van der Waals surface area contributed by atoms with E-state index in [9.17, 15) is 4.39 Å². The molecule has 3 N–H and O–H groups in total. The van der Waals surface area contributed by atoms with Crippen LogP contribution in [0.5, 0.6) is 0 Å². The van der Waals surface area contributed by atoms with Crippen LogP contribution < -0.4 is 11.1 Å². The van der Waals surface area contributed by atoms with Crippen LogP contribution in [0.1, 0.15) is 5.89 Å². The largest absolute Gasteiger partial charge is 0.368 e. The summed E-state index contributed by atoms with van der Waals surface area (Å²) in [6, 6.07) is 0. The highest BCUT2D eigenvalue weighted by Crippen LogP contribution is 2.09. The summed E-state index contributed by atoms with van der Waals surface area (Å²) < 4.78 is 17.9. The summed E-state index contributed by atoms with van der Waals surface area (Å²) in [7, 11) is 0. The topological polar surface area (TPSA) is 103 Å². The highest BCUT2D eigenvalue weighted by atomic mass is 19.1. The lowest BCUT2D eigenvalue weighted by Gasteiger charge is -2.04. The quantitative estimate of drug-likeness (QED) is 0.766. The van der Waals surface area contributed by atoms with E-state index in [1.807, 2.05) is 0 Å². The summed E-state index contributed by atoms with van der Waals surface area (Å²) in [5, 5.41) is 6.20. The van der Waals surface area contributed by atoms with E-state index in [0.717, 1.165) is 6.20 Å². The molecule has 0 aromatic carbocycles. The van der Waals surface area contributed by atoms with Crippen LogP contribution in [0.3, 0.4) is 0 Å². The van der Waals surface area contributed by atoms with Crippen LogP contribution in [-0.2, 0) is 6.42 Å². The summed E-state index contributed by atoms with van der Waals surface area (Å²) >= 11 is 0. The third-order valence-corrected chi connectivity index (χ3v) is 1.80. The molecule has 0 atom stereocenters. The molecule has 0 aliphatic heterocycles. The summed E-state index contributed by atoms with van der Waals surface area (Å²) in [6.07, 6.45) is 2.79. The molecule has 0 fully saturated rings. The minimum absolute atomic E-state index is 0.0155. The van der Waals surface area contributed by atoms with Gasteiger partial charge in [-0.1, -0.05) is 5.16 Å². The lowest BCUT2D eigenvalue weighted by Crippen LogP contribution is -2.10. The molecule has 7 nitrogen and oxygen atoms in total. The number of hydrogen-bond acceptors (Lipinski definition) is 7. The van der Waals surface area contributed by atoms with Gasteiger partial charge in [0.2, 0.25) is 11.8 Å². The van der Waals surface area contributed by atoms with Crippen molar-refractivity contribution < 1.29 is 8.91 Å². The van der Waals surface area contributed by atoms with Gasteiger partial charge < -0.3 is 15.6 Å². The van der Waals surface area contributed by atoms with Gasteiger partial charge in [0.25, 0.3) is 0 Å². The first-order valence-corrected chi connectivity index (χ1v) is 4.53. The maximum Gasteiger partial charge on any atom is 0.228 e. The monoisotopic (exact) mass is 224 g/mol. The van der Waals surface area contributed by atoms with E-state index < -0.39 is 5.82 Å². The van der Waals surface area contributed by atoms with Crippen LogP contribution in [0.15, 0.2) is 17.0 Å². The minimum Gasteiger partial charge on any atom is -0.368 e. The molecular formula is C8H9FN6O. The van der Waals surface area contributed by atoms with Crippen LogP contribution in [0.4, 0.5) is 16.2 Å². The number of anilines is 2. The van der Waals surface area contributed by atoms with Gasteiger partial charge >= 0.3 is 0 Å². The van der Waals surface area contributed by atoms with Crippen molar-refractivity contribution in [3.05, 3.63) is 24.2 Å². The summed E-state index contributed by atoms with van der Waals surface area (Å²) in [6.45, 7) is 0.412. The Morgan fingerprint density at radius 3 is 3.06 bits per heavy atom. The van der Waals surface area contributed by atoms with E-state index in [0.29, 0.717) is 18.9 Å². The molecule has 16 heavy (non-hydrogen) atoms. The van der Waals surface area contributed by atoms with E-state index in [-0.39, 0.29) is 11.8 Å².